The maximum Gasteiger partial charge on any atom is 0.290 e. The first kappa shape index (κ1) is 34.4. The minimum Gasteiger partial charge on any atom is -0.493 e. The monoisotopic (exact) mass is 609 g/mol. The van der Waals surface area contributed by atoms with Crippen molar-refractivity contribution in [2.24, 2.45) is 0 Å². The third-order valence-electron chi connectivity index (χ3n) is 7.55. The average molecular weight is 610 g/mol. The highest BCUT2D eigenvalue weighted by atomic mass is 19.1. The highest BCUT2D eigenvalue weighted by molar-refractivity contribution is 6.08. The molecule has 44 heavy (non-hydrogen) atoms. The van der Waals surface area contributed by atoms with Crippen LogP contribution in [0.25, 0.3) is 11.1 Å². The number of ether oxygens (including phenoxy) is 3. The van der Waals surface area contributed by atoms with Crippen molar-refractivity contribution in [2.45, 2.75) is 72.8 Å². The van der Waals surface area contributed by atoms with Gasteiger partial charge >= 0.3 is 0 Å². The highest BCUT2D eigenvalue weighted by Crippen LogP contribution is 2.45. The van der Waals surface area contributed by atoms with Crippen LogP contribution in [0.15, 0.2) is 30.3 Å². The third-order valence-corrected chi connectivity index (χ3v) is 7.55. The minimum atomic E-state index is -0.500. The number of anilines is 1. The molecule has 8 nitrogen and oxygen atoms in total. The van der Waals surface area contributed by atoms with Gasteiger partial charge in [0.15, 0.2) is 23.1 Å². The van der Waals surface area contributed by atoms with Crippen molar-refractivity contribution in [3.8, 4) is 28.4 Å². The summed E-state index contributed by atoms with van der Waals surface area (Å²) in [7, 11) is 3.13. The first-order valence-corrected chi connectivity index (χ1v) is 14.8. The fourth-order valence-electron chi connectivity index (χ4n) is 5.76. The van der Waals surface area contributed by atoms with E-state index in [2.05, 4.69) is 26.8 Å². The fourth-order valence-corrected chi connectivity index (χ4v) is 5.76. The number of hydrogen-bond donors (Lipinski definition) is 2. The van der Waals surface area contributed by atoms with E-state index in [1.807, 2.05) is 4.90 Å². The van der Waals surface area contributed by atoms with Crippen molar-refractivity contribution in [1.82, 2.24) is 0 Å². The lowest BCUT2D eigenvalue weighted by Gasteiger charge is -2.25. The summed E-state index contributed by atoms with van der Waals surface area (Å²) in [5.74, 6) is 1.10. The molecule has 2 heterocycles. The zero-order valence-electron chi connectivity index (χ0n) is 27.0. The summed E-state index contributed by atoms with van der Waals surface area (Å²) < 4.78 is 31.7. The third kappa shape index (κ3) is 7.50. The van der Waals surface area contributed by atoms with Crippen LogP contribution in [0.2, 0.25) is 0 Å². The Labute approximate surface area is 259 Å². The number of fused-ring (bicyclic) bond motifs is 2. The summed E-state index contributed by atoms with van der Waals surface area (Å²) in [4.78, 5) is 23.9. The Morgan fingerprint density at radius 3 is 2.30 bits per heavy atom. The van der Waals surface area contributed by atoms with Crippen LogP contribution in [0, 0.1) is 19.7 Å². The van der Waals surface area contributed by atoms with Crippen LogP contribution >= 0.6 is 0 Å². The van der Waals surface area contributed by atoms with Gasteiger partial charge < -0.3 is 29.3 Å². The second-order valence-corrected chi connectivity index (χ2v) is 11.7. The summed E-state index contributed by atoms with van der Waals surface area (Å²) in [6.07, 6.45) is 3.24. The van der Waals surface area contributed by atoms with Gasteiger partial charge in [-0.25, -0.2) is 4.39 Å². The Bertz CT molecular complexity index is 1500. The van der Waals surface area contributed by atoms with E-state index in [-0.39, 0.29) is 18.2 Å². The molecule has 0 saturated carbocycles. The first-order chi connectivity index (χ1) is 20.8. The van der Waals surface area contributed by atoms with Crippen LogP contribution in [-0.2, 0) is 24.1 Å². The van der Waals surface area contributed by atoms with Crippen LogP contribution in [0.3, 0.4) is 0 Å². The molecule has 2 aliphatic rings. The number of amides is 1. The lowest BCUT2D eigenvalue weighted by molar-refractivity contribution is -0.122. The zero-order chi connectivity index (χ0) is 32.8. The van der Waals surface area contributed by atoms with Gasteiger partial charge in [0, 0.05) is 23.4 Å². The van der Waals surface area contributed by atoms with Gasteiger partial charge in [0.25, 0.3) is 12.4 Å². The molecule has 3 aromatic carbocycles. The molecule has 238 valence electrons. The summed E-state index contributed by atoms with van der Waals surface area (Å²) in [6.45, 7) is 12.4. The van der Waals surface area contributed by atoms with Gasteiger partial charge in [0.2, 0.25) is 0 Å². The van der Waals surface area contributed by atoms with E-state index in [0.29, 0.717) is 42.4 Å². The molecular formula is C35H44FNO7. The standard InChI is InChI=1S/C30H32FNO4.C4H10O.CH2O2/c1-6-20-17(2)14-25-22(28(20)23-16-24(31)29-21(18(23)3)8-7-13-36-29)11-12-32(25)30(33)19-9-10-26(34-4)27(15-19)35-5;1-4(2,3)5;2-1-3/h9-10,14-16H,6-8,11-13H2,1-5H3;5H,1-3H3;1H,(H,2,3). The van der Waals surface area contributed by atoms with Crippen molar-refractivity contribution < 1.29 is 38.4 Å². The second kappa shape index (κ2) is 14.6. The van der Waals surface area contributed by atoms with Gasteiger partial charge in [-0.15, -0.1) is 0 Å². The molecule has 0 spiro atoms. The molecule has 0 bridgehead atoms. The topological polar surface area (TPSA) is 106 Å². The van der Waals surface area contributed by atoms with Crippen molar-refractivity contribution in [3.63, 3.8) is 0 Å². The predicted molar refractivity (Wildman–Crippen MR) is 170 cm³/mol. The maximum atomic E-state index is 15.2. The van der Waals surface area contributed by atoms with Gasteiger partial charge in [-0.2, -0.15) is 0 Å². The van der Waals surface area contributed by atoms with Gasteiger partial charge in [0.05, 0.1) is 26.4 Å². The van der Waals surface area contributed by atoms with Crippen LogP contribution < -0.4 is 19.1 Å². The molecule has 9 heteroatoms. The lowest BCUT2D eigenvalue weighted by Crippen LogP contribution is -2.29. The Hall–Kier alpha value is -4.11. The van der Waals surface area contributed by atoms with E-state index in [9.17, 15) is 4.79 Å². The molecule has 0 aromatic heterocycles. The molecule has 0 aliphatic carbocycles. The van der Waals surface area contributed by atoms with Crippen molar-refractivity contribution in [3.05, 3.63) is 69.5 Å². The number of aryl methyl sites for hydroxylation is 1. The highest BCUT2D eigenvalue weighted by Gasteiger charge is 2.32. The molecular weight excluding hydrogens is 565 g/mol. The van der Waals surface area contributed by atoms with E-state index in [0.717, 1.165) is 58.3 Å². The number of nitrogens with zero attached hydrogens (tertiary/aromatic N) is 1. The number of halogens is 1. The number of hydrogen-bond acceptors (Lipinski definition) is 6. The summed E-state index contributed by atoms with van der Waals surface area (Å²) in [6, 6.07) is 8.97. The molecule has 0 unspecified atom stereocenters. The second-order valence-electron chi connectivity index (χ2n) is 11.7. The average Bonchev–Trinajstić information content (AvgIpc) is 3.40. The molecule has 1 amide bonds. The number of aliphatic hydroxyl groups is 1. The Balaban J connectivity index is 0.000000592. The molecule has 2 N–H and O–H groups in total. The van der Waals surface area contributed by atoms with Gasteiger partial charge in [-0.05, 0) is 124 Å². The van der Waals surface area contributed by atoms with E-state index < -0.39 is 5.60 Å². The molecule has 5 rings (SSSR count). The molecule has 0 fully saturated rings. The number of carbonyl (C=O) groups is 2. The quantitative estimate of drug-likeness (QED) is 0.310. The lowest BCUT2D eigenvalue weighted by atomic mass is 9.84. The van der Waals surface area contributed by atoms with Crippen LogP contribution in [0.5, 0.6) is 17.2 Å². The first-order valence-electron chi connectivity index (χ1n) is 14.8. The Kier molecular flexibility index (Phi) is 11.4. The molecule has 3 aromatic rings. The van der Waals surface area contributed by atoms with Crippen LogP contribution in [0.1, 0.15) is 72.3 Å². The number of carbonyl (C=O) groups excluding carboxylic acids is 1. The summed E-state index contributed by atoms with van der Waals surface area (Å²) in [5.41, 5.74) is 8.35. The number of benzene rings is 3. The molecule has 0 saturated heterocycles. The zero-order valence-corrected chi connectivity index (χ0v) is 27.0. The summed E-state index contributed by atoms with van der Waals surface area (Å²) in [5, 5.41) is 15.4. The normalized spacial score (nSPS) is 13.3. The fraction of sp³-hybridized carbons (Fsp3) is 0.429. The van der Waals surface area contributed by atoms with E-state index in [1.165, 1.54) is 5.56 Å². The SMILES string of the molecule is CC(C)(C)O.CCc1c(C)cc2c(c1-c1cc(F)c3c(c1C)CCCO3)CCN2C(=O)c1ccc(OC)c(OC)c1.O=CO. The number of methoxy groups -OCH3 is 2. The number of carboxylic acid groups (broad SMARTS) is 1. The van der Waals surface area contributed by atoms with Gasteiger partial charge in [-0.1, -0.05) is 6.92 Å². The van der Waals surface area contributed by atoms with Crippen molar-refractivity contribution >= 4 is 18.1 Å². The Morgan fingerprint density at radius 1 is 1.07 bits per heavy atom. The van der Waals surface area contributed by atoms with E-state index >= 15 is 4.39 Å². The van der Waals surface area contributed by atoms with Crippen molar-refractivity contribution in [1.29, 1.82) is 0 Å². The number of rotatable bonds is 5. The van der Waals surface area contributed by atoms with E-state index in [4.69, 9.17) is 29.2 Å². The van der Waals surface area contributed by atoms with Crippen LogP contribution in [-0.4, -0.2) is 55.6 Å². The molecule has 0 radical (unpaired) electrons. The maximum absolute atomic E-state index is 15.2. The predicted octanol–water partition coefficient (Wildman–Crippen LogP) is 6.70. The summed E-state index contributed by atoms with van der Waals surface area (Å²) >= 11 is 0. The van der Waals surface area contributed by atoms with Crippen LogP contribution in [0.4, 0.5) is 10.1 Å². The molecule has 2 aliphatic heterocycles. The molecule has 0 atom stereocenters. The van der Waals surface area contributed by atoms with E-state index in [1.54, 1.807) is 59.3 Å². The minimum absolute atomic E-state index is 0.0916. The largest absolute Gasteiger partial charge is 0.493 e. The van der Waals surface area contributed by atoms with Gasteiger partial charge in [0.1, 0.15) is 0 Å². The van der Waals surface area contributed by atoms with Gasteiger partial charge in [-0.3, -0.25) is 9.59 Å². The Morgan fingerprint density at radius 2 is 1.70 bits per heavy atom. The smallest absolute Gasteiger partial charge is 0.290 e. The van der Waals surface area contributed by atoms with Crippen molar-refractivity contribution in [2.75, 3.05) is 32.3 Å².